The van der Waals surface area contributed by atoms with Gasteiger partial charge < -0.3 is 4.74 Å². The molecule has 0 heterocycles. The SMILES string of the molecule is COc1cccc2c1C[C@@H]1C[C@H]2CC1=O. The number of carbonyl (C=O) groups is 1. The first kappa shape index (κ1) is 8.96. The zero-order chi connectivity index (χ0) is 10.4. The van der Waals surface area contributed by atoms with E-state index >= 15 is 0 Å². The Hall–Kier alpha value is -1.31. The molecule has 0 radical (unpaired) electrons. The average Bonchev–Trinajstić information content (AvgIpc) is 2.55. The molecule has 0 N–H and O–H groups in total. The molecule has 0 saturated heterocycles. The topological polar surface area (TPSA) is 26.3 Å². The Bertz CT molecular complexity index is 423. The molecule has 15 heavy (non-hydrogen) atoms. The number of fused-ring (bicyclic) bond motifs is 4. The van der Waals surface area contributed by atoms with Gasteiger partial charge in [-0.1, -0.05) is 12.1 Å². The zero-order valence-corrected chi connectivity index (χ0v) is 8.82. The Kier molecular flexibility index (Phi) is 1.84. The number of ketones is 1. The number of methoxy groups -OCH3 is 1. The first-order chi connectivity index (χ1) is 7.29. The summed E-state index contributed by atoms with van der Waals surface area (Å²) in [5.74, 6) is 2.12. The fraction of sp³-hybridized carbons (Fsp3) is 0.462. The van der Waals surface area contributed by atoms with Gasteiger partial charge in [-0.25, -0.2) is 0 Å². The average molecular weight is 202 g/mol. The molecule has 2 aliphatic rings. The van der Waals surface area contributed by atoms with Crippen molar-refractivity contribution in [3.63, 3.8) is 0 Å². The fourth-order valence-corrected chi connectivity index (χ4v) is 3.02. The number of rotatable bonds is 1. The van der Waals surface area contributed by atoms with E-state index in [0.29, 0.717) is 11.7 Å². The molecule has 0 aromatic heterocycles. The number of hydrogen-bond donors (Lipinski definition) is 0. The third kappa shape index (κ3) is 1.21. The standard InChI is InChI=1S/C13H14O2/c1-15-13-4-2-3-10-8-5-9(6-11(10)13)12(14)7-8/h2-4,8-9H,5-7H2,1H3/t8-,9-/m0/s1. The third-order valence-electron chi connectivity index (χ3n) is 3.75. The van der Waals surface area contributed by atoms with Crippen LogP contribution in [-0.2, 0) is 11.2 Å². The van der Waals surface area contributed by atoms with Crippen LogP contribution in [0.25, 0.3) is 0 Å². The van der Waals surface area contributed by atoms with E-state index in [1.54, 1.807) is 7.11 Å². The molecule has 0 aliphatic heterocycles. The highest BCUT2D eigenvalue weighted by Gasteiger charge is 2.39. The van der Waals surface area contributed by atoms with Crippen LogP contribution in [0.15, 0.2) is 18.2 Å². The Balaban J connectivity index is 2.12. The van der Waals surface area contributed by atoms with E-state index < -0.39 is 0 Å². The smallest absolute Gasteiger partial charge is 0.136 e. The van der Waals surface area contributed by atoms with Gasteiger partial charge >= 0.3 is 0 Å². The maximum absolute atomic E-state index is 11.7. The van der Waals surface area contributed by atoms with Crippen LogP contribution in [0.1, 0.15) is 29.9 Å². The Morgan fingerprint density at radius 2 is 2.13 bits per heavy atom. The molecule has 1 saturated carbocycles. The van der Waals surface area contributed by atoms with Gasteiger partial charge in [0.15, 0.2) is 0 Å². The van der Waals surface area contributed by atoms with Crippen LogP contribution in [0, 0.1) is 5.92 Å². The Morgan fingerprint density at radius 1 is 1.27 bits per heavy atom. The van der Waals surface area contributed by atoms with Crippen LogP contribution >= 0.6 is 0 Å². The molecular weight excluding hydrogens is 188 g/mol. The molecule has 1 aromatic carbocycles. The quantitative estimate of drug-likeness (QED) is 0.698. The van der Waals surface area contributed by atoms with Crippen LogP contribution in [0.5, 0.6) is 5.75 Å². The van der Waals surface area contributed by atoms with Crippen LogP contribution in [0.3, 0.4) is 0 Å². The van der Waals surface area contributed by atoms with Gasteiger partial charge in [-0.05, 0) is 36.0 Å². The number of ether oxygens (including phenoxy) is 1. The maximum atomic E-state index is 11.7. The summed E-state index contributed by atoms with van der Waals surface area (Å²) in [6.45, 7) is 0. The lowest BCUT2D eigenvalue weighted by Crippen LogP contribution is -2.14. The summed E-state index contributed by atoms with van der Waals surface area (Å²) in [6, 6.07) is 6.17. The highest BCUT2D eigenvalue weighted by atomic mass is 16.5. The van der Waals surface area contributed by atoms with E-state index in [2.05, 4.69) is 6.07 Å². The van der Waals surface area contributed by atoms with Gasteiger partial charge in [-0.3, -0.25) is 4.79 Å². The number of benzene rings is 1. The molecule has 3 rings (SSSR count). The second-order valence-corrected chi connectivity index (χ2v) is 4.53. The van der Waals surface area contributed by atoms with Gasteiger partial charge in [0.1, 0.15) is 11.5 Å². The summed E-state index contributed by atoms with van der Waals surface area (Å²) in [5, 5.41) is 0. The molecule has 78 valence electrons. The lowest BCUT2D eigenvalue weighted by molar-refractivity contribution is -0.120. The molecule has 1 aromatic rings. The number of carbonyl (C=O) groups excluding carboxylic acids is 1. The summed E-state index contributed by atoms with van der Waals surface area (Å²) in [5.41, 5.74) is 2.61. The van der Waals surface area contributed by atoms with E-state index in [-0.39, 0.29) is 5.92 Å². The molecule has 0 spiro atoms. The highest BCUT2D eigenvalue weighted by molar-refractivity contribution is 5.86. The van der Waals surface area contributed by atoms with Crippen molar-refractivity contribution in [2.45, 2.75) is 25.2 Å². The first-order valence-corrected chi connectivity index (χ1v) is 5.48. The lowest BCUT2D eigenvalue weighted by Gasteiger charge is -2.23. The van der Waals surface area contributed by atoms with E-state index in [9.17, 15) is 4.79 Å². The van der Waals surface area contributed by atoms with Crippen molar-refractivity contribution in [1.82, 2.24) is 0 Å². The Morgan fingerprint density at radius 3 is 2.93 bits per heavy atom. The second-order valence-electron chi connectivity index (χ2n) is 4.53. The van der Waals surface area contributed by atoms with Crippen molar-refractivity contribution in [2.75, 3.05) is 7.11 Å². The van der Waals surface area contributed by atoms with Gasteiger partial charge in [0.25, 0.3) is 0 Å². The number of Topliss-reactive ketones (excluding diaryl/α,β-unsaturated/α-hetero) is 1. The third-order valence-corrected chi connectivity index (χ3v) is 3.75. The zero-order valence-electron chi connectivity index (χ0n) is 8.82. The largest absolute Gasteiger partial charge is 0.496 e. The van der Waals surface area contributed by atoms with Crippen molar-refractivity contribution in [2.24, 2.45) is 5.92 Å². The van der Waals surface area contributed by atoms with E-state index in [1.807, 2.05) is 12.1 Å². The predicted octanol–water partition coefficient (Wildman–Crippen LogP) is 2.31. The van der Waals surface area contributed by atoms with Crippen molar-refractivity contribution < 1.29 is 9.53 Å². The number of hydrogen-bond acceptors (Lipinski definition) is 2. The van der Waals surface area contributed by atoms with E-state index in [1.165, 1.54) is 11.1 Å². The van der Waals surface area contributed by atoms with E-state index in [0.717, 1.165) is 25.0 Å². The lowest BCUT2D eigenvalue weighted by atomic mass is 9.82. The van der Waals surface area contributed by atoms with Crippen LogP contribution in [0.2, 0.25) is 0 Å². The highest BCUT2D eigenvalue weighted by Crippen LogP contribution is 2.46. The predicted molar refractivity (Wildman–Crippen MR) is 57.2 cm³/mol. The molecule has 1 fully saturated rings. The molecule has 0 unspecified atom stereocenters. The fourth-order valence-electron chi connectivity index (χ4n) is 3.02. The minimum Gasteiger partial charge on any atom is -0.496 e. The summed E-state index contributed by atoms with van der Waals surface area (Å²) >= 11 is 0. The summed E-state index contributed by atoms with van der Waals surface area (Å²) in [4.78, 5) is 11.7. The normalized spacial score (nSPS) is 27.7. The molecule has 2 aliphatic carbocycles. The van der Waals surface area contributed by atoms with Crippen LogP contribution in [-0.4, -0.2) is 12.9 Å². The molecule has 2 atom stereocenters. The molecule has 2 heteroatoms. The van der Waals surface area contributed by atoms with Crippen LogP contribution < -0.4 is 4.74 Å². The summed E-state index contributed by atoms with van der Waals surface area (Å²) < 4.78 is 5.36. The monoisotopic (exact) mass is 202 g/mol. The molecule has 2 bridgehead atoms. The maximum Gasteiger partial charge on any atom is 0.136 e. The van der Waals surface area contributed by atoms with Gasteiger partial charge in [0.05, 0.1) is 7.11 Å². The summed E-state index contributed by atoms with van der Waals surface area (Å²) in [7, 11) is 1.70. The van der Waals surface area contributed by atoms with Gasteiger partial charge in [-0.15, -0.1) is 0 Å². The minimum atomic E-state index is 0.263. The summed E-state index contributed by atoms with van der Waals surface area (Å²) in [6.07, 6.45) is 2.68. The van der Waals surface area contributed by atoms with Crippen molar-refractivity contribution >= 4 is 5.78 Å². The van der Waals surface area contributed by atoms with Gasteiger partial charge in [0.2, 0.25) is 0 Å². The molecule has 2 nitrogen and oxygen atoms in total. The van der Waals surface area contributed by atoms with Crippen molar-refractivity contribution in [1.29, 1.82) is 0 Å². The first-order valence-electron chi connectivity index (χ1n) is 5.48. The second kappa shape index (κ2) is 3.09. The van der Waals surface area contributed by atoms with Crippen molar-refractivity contribution in [3.8, 4) is 5.75 Å². The molecular formula is C13H14O2. The van der Waals surface area contributed by atoms with E-state index in [4.69, 9.17) is 4.74 Å². The van der Waals surface area contributed by atoms with Crippen LogP contribution in [0.4, 0.5) is 0 Å². The van der Waals surface area contributed by atoms with Gasteiger partial charge in [0, 0.05) is 12.3 Å². The minimum absolute atomic E-state index is 0.263. The Labute approximate surface area is 89.2 Å². The van der Waals surface area contributed by atoms with Crippen molar-refractivity contribution in [3.05, 3.63) is 29.3 Å². The molecule has 0 amide bonds. The van der Waals surface area contributed by atoms with Gasteiger partial charge in [-0.2, -0.15) is 0 Å².